The standard InChI is InChI=1S/C18H22N2O2/c1-2-13-22-15-9-7-14(8-10-15)18(21)20-12-4-6-17(20)16-5-3-11-19-16/h3,5,7-11,17,19H,2,4,6,12-13H2,1H3. The summed E-state index contributed by atoms with van der Waals surface area (Å²) < 4.78 is 5.57. The van der Waals surface area contributed by atoms with Crippen molar-refractivity contribution in [3.63, 3.8) is 0 Å². The molecule has 2 aromatic rings. The van der Waals surface area contributed by atoms with Crippen LogP contribution in [0.5, 0.6) is 5.75 Å². The van der Waals surface area contributed by atoms with Crippen molar-refractivity contribution in [1.29, 1.82) is 0 Å². The van der Waals surface area contributed by atoms with Crippen LogP contribution in [0.3, 0.4) is 0 Å². The molecule has 22 heavy (non-hydrogen) atoms. The average molecular weight is 298 g/mol. The molecule has 0 bridgehead atoms. The van der Waals surface area contributed by atoms with E-state index in [0.717, 1.165) is 42.8 Å². The van der Waals surface area contributed by atoms with Crippen LogP contribution in [0, 0.1) is 0 Å². The summed E-state index contributed by atoms with van der Waals surface area (Å²) in [7, 11) is 0. The van der Waals surface area contributed by atoms with Gasteiger partial charge >= 0.3 is 0 Å². The first-order valence-corrected chi connectivity index (χ1v) is 7.96. The van der Waals surface area contributed by atoms with Crippen molar-refractivity contribution in [2.45, 2.75) is 32.2 Å². The second-order valence-electron chi connectivity index (χ2n) is 5.65. The Morgan fingerprint density at radius 3 is 2.82 bits per heavy atom. The first-order valence-electron chi connectivity index (χ1n) is 7.96. The number of rotatable bonds is 5. The number of hydrogen-bond donors (Lipinski definition) is 1. The lowest BCUT2D eigenvalue weighted by molar-refractivity contribution is 0.0733. The minimum atomic E-state index is 0.0964. The maximum atomic E-state index is 12.7. The molecule has 0 radical (unpaired) electrons. The molecule has 2 heterocycles. The van der Waals surface area contributed by atoms with Crippen molar-refractivity contribution < 1.29 is 9.53 Å². The number of nitrogens with one attached hydrogen (secondary N) is 1. The van der Waals surface area contributed by atoms with Gasteiger partial charge in [0, 0.05) is 24.0 Å². The van der Waals surface area contributed by atoms with E-state index in [0.29, 0.717) is 6.61 Å². The molecule has 1 aliphatic rings. The highest BCUT2D eigenvalue weighted by Gasteiger charge is 2.31. The summed E-state index contributed by atoms with van der Waals surface area (Å²) in [6.45, 7) is 3.59. The largest absolute Gasteiger partial charge is 0.494 e. The Labute approximate surface area is 131 Å². The minimum Gasteiger partial charge on any atom is -0.494 e. The molecule has 4 heteroatoms. The zero-order chi connectivity index (χ0) is 15.4. The molecule has 1 fully saturated rings. The van der Waals surface area contributed by atoms with Crippen LogP contribution in [-0.2, 0) is 0 Å². The van der Waals surface area contributed by atoms with E-state index in [1.807, 2.05) is 41.4 Å². The summed E-state index contributed by atoms with van der Waals surface area (Å²) >= 11 is 0. The number of benzene rings is 1. The van der Waals surface area contributed by atoms with Crippen LogP contribution in [0.4, 0.5) is 0 Å². The van der Waals surface area contributed by atoms with Gasteiger partial charge in [-0.3, -0.25) is 4.79 Å². The van der Waals surface area contributed by atoms with Crippen LogP contribution in [0.15, 0.2) is 42.6 Å². The topological polar surface area (TPSA) is 45.3 Å². The Balaban J connectivity index is 1.72. The highest BCUT2D eigenvalue weighted by atomic mass is 16.5. The molecule has 1 unspecified atom stereocenters. The van der Waals surface area contributed by atoms with Crippen LogP contribution >= 0.6 is 0 Å². The Kier molecular flexibility index (Phi) is 4.47. The van der Waals surface area contributed by atoms with Crippen molar-refractivity contribution in [3.05, 3.63) is 53.9 Å². The maximum Gasteiger partial charge on any atom is 0.254 e. The van der Waals surface area contributed by atoms with Crippen LogP contribution < -0.4 is 4.74 Å². The van der Waals surface area contributed by atoms with Gasteiger partial charge in [-0.05, 0) is 55.7 Å². The highest BCUT2D eigenvalue weighted by Crippen LogP contribution is 2.32. The number of carbonyl (C=O) groups excluding carboxylic acids is 1. The normalized spacial score (nSPS) is 17.7. The third kappa shape index (κ3) is 3.01. The molecule has 0 aliphatic carbocycles. The Morgan fingerprint density at radius 1 is 1.32 bits per heavy atom. The summed E-state index contributed by atoms with van der Waals surface area (Å²) in [6, 6.07) is 11.7. The van der Waals surface area contributed by atoms with Gasteiger partial charge in [0.15, 0.2) is 0 Å². The number of ether oxygens (including phenoxy) is 1. The van der Waals surface area contributed by atoms with Crippen molar-refractivity contribution in [1.82, 2.24) is 9.88 Å². The monoisotopic (exact) mass is 298 g/mol. The molecule has 1 aliphatic heterocycles. The van der Waals surface area contributed by atoms with E-state index in [1.165, 1.54) is 0 Å². The van der Waals surface area contributed by atoms with E-state index in [1.54, 1.807) is 0 Å². The average Bonchev–Trinajstić information content (AvgIpc) is 3.23. The van der Waals surface area contributed by atoms with Crippen LogP contribution in [0.2, 0.25) is 0 Å². The molecule has 4 nitrogen and oxygen atoms in total. The Hall–Kier alpha value is -2.23. The van der Waals surface area contributed by atoms with Gasteiger partial charge < -0.3 is 14.6 Å². The van der Waals surface area contributed by atoms with E-state index < -0.39 is 0 Å². The minimum absolute atomic E-state index is 0.0964. The van der Waals surface area contributed by atoms with Gasteiger partial charge in [-0.1, -0.05) is 6.92 Å². The smallest absolute Gasteiger partial charge is 0.254 e. The first kappa shape index (κ1) is 14.7. The van der Waals surface area contributed by atoms with Gasteiger partial charge in [0.1, 0.15) is 5.75 Å². The molecule has 1 amide bonds. The zero-order valence-electron chi connectivity index (χ0n) is 12.9. The lowest BCUT2D eigenvalue weighted by Crippen LogP contribution is -2.30. The fraction of sp³-hybridized carbons (Fsp3) is 0.389. The quantitative estimate of drug-likeness (QED) is 0.913. The Morgan fingerprint density at radius 2 is 2.14 bits per heavy atom. The van der Waals surface area contributed by atoms with Gasteiger partial charge in [-0.2, -0.15) is 0 Å². The van der Waals surface area contributed by atoms with Crippen LogP contribution in [-0.4, -0.2) is 28.9 Å². The van der Waals surface area contributed by atoms with Gasteiger partial charge in [-0.25, -0.2) is 0 Å². The maximum absolute atomic E-state index is 12.7. The number of amides is 1. The lowest BCUT2D eigenvalue weighted by Gasteiger charge is -2.24. The van der Waals surface area contributed by atoms with Crippen LogP contribution in [0.1, 0.15) is 48.3 Å². The summed E-state index contributed by atoms with van der Waals surface area (Å²) in [5, 5.41) is 0. The Bertz CT molecular complexity index is 605. The number of hydrogen-bond acceptors (Lipinski definition) is 2. The van der Waals surface area contributed by atoms with Crippen molar-refractivity contribution in [2.75, 3.05) is 13.2 Å². The molecule has 0 saturated carbocycles. The zero-order valence-corrected chi connectivity index (χ0v) is 12.9. The first-order chi connectivity index (χ1) is 10.8. The van der Waals surface area contributed by atoms with E-state index in [-0.39, 0.29) is 11.9 Å². The third-order valence-corrected chi connectivity index (χ3v) is 4.07. The molecule has 0 spiro atoms. The molecule has 3 rings (SSSR count). The van der Waals surface area contributed by atoms with Gasteiger partial charge in [0.25, 0.3) is 5.91 Å². The second-order valence-corrected chi connectivity index (χ2v) is 5.65. The van der Waals surface area contributed by atoms with E-state index in [9.17, 15) is 4.79 Å². The van der Waals surface area contributed by atoms with E-state index in [2.05, 4.69) is 18.0 Å². The molecule has 1 aromatic carbocycles. The fourth-order valence-corrected chi connectivity index (χ4v) is 2.96. The van der Waals surface area contributed by atoms with E-state index >= 15 is 0 Å². The van der Waals surface area contributed by atoms with Gasteiger partial charge in [0.05, 0.1) is 12.6 Å². The summed E-state index contributed by atoms with van der Waals surface area (Å²) in [4.78, 5) is 17.9. The van der Waals surface area contributed by atoms with Crippen molar-refractivity contribution in [2.24, 2.45) is 0 Å². The van der Waals surface area contributed by atoms with Crippen LogP contribution in [0.25, 0.3) is 0 Å². The molecule has 1 saturated heterocycles. The molecule has 1 aromatic heterocycles. The summed E-state index contributed by atoms with van der Waals surface area (Å²) in [5.41, 5.74) is 1.84. The third-order valence-electron chi connectivity index (χ3n) is 4.07. The highest BCUT2D eigenvalue weighted by molar-refractivity contribution is 5.94. The predicted octanol–water partition coefficient (Wildman–Crippen LogP) is 3.78. The van der Waals surface area contributed by atoms with Gasteiger partial charge in [-0.15, -0.1) is 0 Å². The molecule has 1 N–H and O–H groups in total. The summed E-state index contributed by atoms with van der Waals surface area (Å²) in [6.07, 6.45) is 4.96. The molecule has 1 atom stereocenters. The number of H-pyrrole nitrogens is 1. The van der Waals surface area contributed by atoms with Gasteiger partial charge in [0.2, 0.25) is 0 Å². The van der Waals surface area contributed by atoms with E-state index in [4.69, 9.17) is 4.74 Å². The molecular weight excluding hydrogens is 276 g/mol. The number of aromatic amines is 1. The predicted molar refractivity (Wildman–Crippen MR) is 86.0 cm³/mol. The number of likely N-dealkylation sites (tertiary alicyclic amines) is 1. The number of carbonyl (C=O) groups is 1. The SMILES string of the molecule is CCCOc1ccc(C(=O)N2CCCC2c2ccc[nH]2)cc1. The number of aromatic nitrogens is 1. The second kappa shape index (κ2) is 6.69. The molecular formula is C18H22N2O2. The number of nitrogens with zero attached hydrogens (tertiary/aromatic N) is 1. The van der Waals surface area contributed by atoms with Crippen molar-refractivity contribution >= 4 is 5.91 Å². The molecule has 116 valence electrons. The fourth-order valence-electron chi connectivity index (χ4n) is 2.96. The lowest BCUT2D eigenvalue weighted by atomic mass is 10.1. The van der Waals surface area contributed by atoms with Crippen molar-refractivity contribution in [3.8, 4) is 5.75 Å². The summed E-state index contributed by atoms with van der Waals surface area (Å²) in [5.74, 6) is 0.917.